The van der Waals surface area contributed by atoms with Gasteiger partial charge in [-0.05, 0) is 42.5 Å². The van der Waals surface area contributed by atoms with Crippen LogP contribution in [0.25, 0.3) is 0 Å². The van der Waals surface area contributed by atoms with E-state index in [4.69, 9.17) is 33.3 Å². The van der Waals surface area contributed by atoms with Crippen molar-refractivity contribution >= 4 is 52.1 Å². The van der Waals surface area contributed by atoms with E-state index in [9.17, 15) is 9.59 Å². The Morgan fingerprint density at radius 2 is 1.57 bits per heavy atom. The Hall–Kier alpha value is -3.04. The van der Waals surface area contributed by atoms with Crippen LogP contribution in [0.4, 0.5) is 11.4 Å². The molecule has 0 spiro atoms. The third kappa shape index (κ3) is 6.76. The van der Waals surface area contributed by atoms with Gasteiger partial charge in [-0.2, -0.15) is 0 Å². The van der Waals surface area contributed by atoms with Crippen LogP contribution in [-0.2, 0) is 4.79 Å². The molecule has 35 heavy (non-hydrogen) atoms. The summed E-state index contributed by atoms with van der Waals surface area (Å²) in [5, 5.41) is 6.33. The predicted molar refractivity (Wildman–Crippen MR) is 143 cm³/mol. The maximum atomic E-state index is 12.6. The second-order valence-electron chi connectivity index (χ2n) is 9.21. The lowest BCUT2D eigenvalue weighted by Gasteiger charge is -2.39. The summed E-state index contributed by atoms with van der Waals surface area (Å²) in [6.45, 7) is 8.51. The summed E-state index contributed by atoms with van der Waals surface area (Å²) in [6.07, 6.45) is 0. The van der Waals surface area contributed by atoms with Gasteiger partial charge in [0.15, 0.2) is 5.11 Å². The molecule has 0 aliphatic carbocycles. The van der Waals surface area contributed by atoms with Crippen molar-refractivity contribution in [3.05, 3.63) is 47.0 Å². The number of nitrogens with one attached hydrogen (secondary N) is 2. The fourth-order valence-electron chi connectivity index (χ4n) is 3.74. The van der Waals surface area contributed by atoms with E-state index in [1.54, 1.807) is 24.3 Å². The minimum absolute atomic E-state index is 0.134. The van der Waals surface area contributed by atoms with Gasteiger partial charge in [0.2, 0.25) is 5.91 Å². The second-order valence-corrected chi connectivity index (χ2v) is 10.0. The maximum absolute atomic E-state index is 12.6. The molecule has 0 radical (unpaired) electrons. The van der Waals surface area contributed by atoms with Gasteiger partial charge < -0.3 is 24.6 Å². The molecular weight excluding hydrogens is 488 g/mol. The van der Waals surface area contributed by atoms with E-state index in [2.05, 4.69) is 15.5 Å². The molecule has 2 aromatic carbocycles. The van der Waals surface area contributed by atoms with Crippen molar-refractivity contribution in [3.63, 3.8) is 0 Å². The first kappa shape index (κ1) is 26.6. The van der Waals surface area contributed by atoms with Crippen molar-refractivity contribution in [2.75, 3.05) is 50.6 Å². The minimum atomic E-state index is -0.398. The summed E-state index contributed by atoms with van der Waals surface area (Å²) < 4.78 is 10.4. The first-order chi connectivity index (χ1) is 16.5. The molecule has 188 valence electrons. The van der Waals surface area contributed by atoms with Gasteiger partial charge in [0.25, 0.3) is 5.91 Å². The normalized spacial score (nSPS) is 13.8. The van der Waals surface area contributed by atoms with Crippen molar-refractivity contribution in [1.29, 1.82) is 0 Å². The molecule has 0 bridgehead atoms. The van der Waals surface area contributed by atoms with Gasteiger partial charge >= 0.3 is 0 Å². The molecule has 1 saturated heterocycles. The van der Waals surface area contributed by atoms with Crippen LogP contribution in [0.15, 0.2) is 36.4 Å². The first-order valence-electron chi connectivity index (χ1n) is 11.2. The van der Waals surface area contributed by atoms with E-state index in [-0.39, 0.29) is 16.4 Å². The Morgan fingerprint density at radius 1 is 0.971 bits per heavy atom. The summed E-state index contributed by atoms with van der Waals surface area (Å²) >= 11 is 11.9. The Bertz CT molecular complexity index is 1090. The molecule has 2 aromatic rings. The highest BCUT2D eigenvalue weighted by molar-refractivity contribution is 7.80. The molecule has 2 amide bonds. The standard InChI is InChI=1S/C25H31ClN4O4S/c1-25(2,3)23(32)30-10-8-29(9-11-30)21-7-6-17(14-20(21)26)27-24(35)28-22(31)16-12-18(33-4)15-19(13-16)34-5/h6-7,12-15H,8-11H2,1-5H3,(H2,27,28,31,35). The highest BCUT2D eigenvalue weighted by Gasteiger charge is 2.30. The van der Waals surface area contributed by atoms with E-state index in [1.807, 2.05) is 37.8 Å². The van der Waals surface area contributed by atoms with E-state index in [0.717, 1.165) is 5.69 Å². The molecule has 10 heteroatoms. The minimum Gasteiger partial charge on any atom is -0.497 e. The third-order valence-electron chi connectivity index (χ3n) is 5.60. The van der Waals surface area contributed by atoms with Crippen molar-refractivity contribution in [1.82, 2.24) is 10.2 Å². The SMILES string of the molecule is COc1cc(OC)cc(C(=O)NC(=S)Nc2ccc(N3CCN(C(=O)C(C)(C)C)CC3)c(Cl)c2)c1. The molecule has 3 rings (SSSR count). The van der Waals surface area contributed by atoms with Crippen LogP contribution in [0.3, 0.4) is 0 Å². The van der Waals surface area contributed by atoms with Crippen LogP contribution in [0, 0.1) is 5.41 Å². The van der Waals surface area contributed by atoms with Crippen LogP contribution in [0.2, 0.25) is 5.02 Å². The van der Waals surface area contributed by atoms with Crippen molar-refractivity contribution in [2.24, 2.45) is 5.41 Å². The van der Waals surface area contributed by atoms with Gasteiger partial charge in [-0.3, -0.25) is 14.9 Å². The van der Waals surface area contributed by atoms with Gasteiger partial charge in [0.05, 0.1) is 24.9 Å². The van der Waals surface area contributed by atoms with Gasteiger partial charge in [-0.1, -0.05) is 32.4 Å². The van der Waals surface area contributed by atoms with Gasteiger partial charge in [0.1, 0.15) is 11.5 Å². The van der Waals surface area contributed by atoms with E-state index in [1.165, 1.54) is 14.2 Å². The summed E-state index contributed by atoms with van der Waals surface area (Å²) in [5.41, 5.74) is 1.50. The Labute approximate surface area is 216 Å². The first-order valence-corrected chi connectivity index (χ1v) is 12.0. The third-order valence-corrected chi connectivity index (χ3v) is 6.10. The number of ether oxygens (including phenoxy) is 2. The Balaban J connectivity index is 1.60. The molecule has 1 aliphatic heterocycles. The van der Waals surface area contributed by atoms with Crippen LogP contribution in [0.1, 0.15) is 31.1 Å². The van der Waals surface area contributed by atoms with Crippen molar-refractivity contribution in [2.45, 2.75) is 20.8 Å². The highest BCUT2D eigenvalue weighted by Crippen LogP contribution is 2.30. The molecule has 1 fully saturated rings. The van der Waals surface area contributed by atoms with Crippen molar-refractivity contribution in [3.8, 4) is 11.5 Å². The lowest BCUT2D eigenvalue weighted by molar-refractivity contribution is -0.139. The zero-order valence-corrected chi connectivity index (χ0v) is 22.2. The fraction of sp³-hybridized carbons (Fsp3) is 0.400. The number of carbonyl (C=O) groups is 2. The van der Waals surface area contributed by atoms with Gasteiger partial charge in [0, 0.05) is 48.9 Å². The Morgan fingerprint density at radius 3 is 2.09 bits per heavy atom. The van der Waals surface area contributed by atoms with Crippen LogP contribution in [-0.4, -0.2) is 62.2 Å². The average Bonchev–Trinajstić information content (AvgIpc) is 2.82. The topological polar surface area (TPSA) is 83.1 Å². The quantitative estimate of drug-likeness (QED) is 0.574. The number of nitrogens with zero attached hydrogens (tertiary/aromatic N) is 2. The lowest BCUT2D eigenvalue weighted by atomic mass is 9.94. The molecule has 0 unspecified atom stereocenters. The van der Waals surface area contributed by atoms with E-state index < -0.39 is 5.91 Å². The largest absolute Gasteiger partial charge is 0.497 e. The molecule has 1 aliphatic rings. The number of benzene rings is 2. The molecule has 2 N–H and O–H groups in total. The predicted octanol–water partition coefficient (Wildman–Crippen LogP) is 4.18. The number of piperazine rings is 1. The smallest absolute Gasteiger partial charge is 0.257 e. The second kappa shape index (κ2) is 11.1. The number of hydrogen-bond acceptors (Lipinski definition) is 6. The summed E-state index contributed by atoms with van der Waals surface area (Å²) in [5.74, 6) is 0.759. The summed E-state index contributed by atoms with van der Waals surface area (Å²) in [6, 6.07) is 10.4. The average molecular weight is 519 g/mol. The number of carbonyl (C=O) groups excluding carboxylic acids is 2. The van der Waals surface area contributed by atoms with Crippen LogP contribution < -0.4 is 25.0 Å². The monoisotopic (exact) mass is 518 g/mol. The molecule has 1 heterocycles. The zero-order valence-electron chi connectivity index (χ0n) is 20.6. The molecule has 8 nitrogen and oxygen atoms in total. The number of hydrogen-bond donors (Lipinski definition) is 2. The number of halogens is 1. The number of methoxy groups -OCH3 is 2. The van der Waals surface area contributed by atoms with Crippen molar-refractivity contribution < 1.29 is 19.1 Å². The van der Waals surface area contributed by atoms with Crippen LogP contribution >= 0.6 is 23.8 Å². The van der Waals surface area contributed by atoms with E-state index >= 15 is 0 Å². The molecule has 0 saturated carbocycles. The Kier molecular flexibility index (Phi) is 8.45. The zero-order chi connectivity index (χ0) is 25.8. The lowest BCUT2D eigenvalue weighted by Crippen LogP contribution is -2.51. The fourth-order valence-corrected chi connectivity index (χ4v) is 4.25. The van der Waals surface area contributed by atoms with Crippen LogP contribution in [0.5, 0.6) is 11.5 Å². The van der Waals surface area contributed by atoms with Gasteiger partial charge in [-0.25, -0.2) is 0 Å². The maximum Gasteiger partial charge on any atom is 0.257 e. The molecular formula is C25H31ClN4O4S. The van der Waals surface area contributed by atoms with E-state index in [0.29, 0.717) is 54.0 Å². The van der Waals surface area contributed by atoms with Gasteiger partial charge in [-0.15, -0.1) is 0 Å². The molecule has 0 aromatic heterocycles. The number of thiocarbonyl (C=S) groups is 1. The number of amides is 2. The number of rotatable bonds is 5. The highest BCUT2D eigenvalue weighted by atomic mass is 35.5. The number of anilines is 2. The summed E-state index contributed by atoms with van der Waals surface area (Å²) in [7, 11) is 3.03. The molecule has 0 atom stereocenters. The summed E-state index contributed by atoms with van der Waals surface area (Å²) in [4.78, 5) is 29.2.